The summed E-state index contributed by atoms with van der Waals surface area (Å²) in [6.45, 7) is 9.43. The van der Waals surface area contributed by atoms with Crippen LogP contribution in [0.4, 0.5) is 0 Å². The Kier molecular flexibility index (Phi) is 3.97. The lowest BCUT2D eigenvalue weighted by atomic mass is 10.0. The molecule has 1 atom stereocenters. The lowest BCUT2D eigenvalue weighted by molar-refractivity contribution is 0.595. The van der Waals surface area contributed by atoms with E-state index in [0.29, 0.717) is 0 Å². The van der Waals surface area contributed by atoms with Crippen molar-refractivity contribution < 1.29 is 0 Å². The lowest BCUT2D eigenvalue weighted by Gasteiger charge is -2.18. The molecule has 2 rings (SSSR count). The maximum Gasteiger partial charge on any atom is 0.0545 e. The van der Waals surface area contributed by atoms with Gasteiger partial charge >= 0.3 is 0 Å². The molecule has 0 aliphatic rings. The van der Waals surface area contributed by atoms with Gasteiger partial charge in [-0.1, -0.05) is 37.3 Å². The van der Waals surface area contributed by atoms with Gasteiger partial charge in [-0.05, 0) is 42.3 Å². The highest BCUT2D eigenvalue weighted by Crippen LogP contribution is 2.32. The highest BCUT2D eigenvalue weighted by Gasteiger charge is 2.15. The second-order valence-corrected chi connectivity index (χ2v) is 5.33. The molecular weight excluding hydrogens is 226 g/mol. The fourth-order valence-electron chi connectivity index (χ4n) is 2.06. The van der Waals surface area contributed by atoms with Crippen LogP contribution in [0, 0.1) is 0 Å². The molecule has 0 saturated carbocycles. The Morgan fingerprint density at radius 1 is 1.41 bits per heavy atom. The van der Waals surface area contributed by atoms with Crippen LogP contribution >= 0.6 is 11.3 Å². The summed E-state index contributed by atoms with van der Waals surface area (Å²) in [5.74, 6) is 0. The molecule has 1 unspecified atom stereocenters. The number of hydrogen-bond acceptors (Lipinski definition) is 2. The first-order valence-corrected chi connectivity index (χ1v) is 6.97. The quantitative estimate of drug-likeness (QED) is 0.764. The first-order chi connectivity index (χ1) is 8.24. The fourth-order valence-corrected chi connectivity index (χ4v) is 3.05. The Hall–Kier alpha value is -1.12. The molecule has 0 fully saturated rings. The normalized spacial score (nSPS) is 12.8. The van der Waals surface area contributed by atoms with Crippen LogP contribution in [0.3, 0.4) is 0 Å². The van der Waals surface area contributed by atoms with Crippen molar-refractivity contribution in [2.75, 3.05) is 6.54 Å². The van der Waals surface area contributed by atoms with Crippen molar-refractivity contribution >= 4 is 21.4 Å². The monoisotopic (exact) mass is 245 g/mol. The van der Waals surface area contributed by atoms with E-state index >= 15 is 0 Å². The number of nitrogens with one attached hydrogen (secondary N) is 1. The molecular formula is C15H19NS. The van der Waals surface area contributed by atoms with Crippen LogP contribution in [0.2, 0.25) is 0 Å². The molecule has 90 valence electrons. The smallest absolute Gasteiger partial charge is 0.0545 e. The van der Waals surface area contributed by atoms with E-state index in [0.717, 1.165) is 13.0 Å². The molecule has 2 aromatic rings. The maximum atomic E-state index is 4.11. The van der Waals surface area contributed by atoms with E-state index in [-0.39, 0.29) is 6.04 Å². The number of thiophene rings is 1. The SMILES string of the molecule is C=C(C)C(NCCC)c1csc2ccccc12. The number of rotatable bonds is 5. The summed E-state index contributed by atoms with van der Waals surface area (Å²) in [7, 11) is 0. The predicted octanol–water partition coefficient (Wildman–Crippen LogP) is 4.52. The van der Waals surface area contributed by atoms with Gasteiger partial charge in [0, 0.05) is 4.70 Å². The van der Waals surface area contributed by atoms with Gasteiger partial charge in [0.05, 0.1) is 6.04 Å². The van der Waals surface area contributed by atoms with Crippen LogP contribution in [0.25, 0.3) is 10.1 Å². The van der Waals surface area contributed by atoms with E-state index in [1.165, 1.54) is 21.2 Å². The summed E-state index contributed by atoms with van der Waals surface area (Å²) < 4.78 is 1.35. The largest absolute Gasteiger partial charge is 0.307 e. The third kappa shape index (κ3) is 2.59. The third-order valence-corrected chi connectivity index (χ3v) is 3.89. The number of fused-ring (bicyclic) bond motifs is 1. The summed E-state index contributed by atoms with van der Waals surface area (Å²) in [6, 6.07) is 8.86. The van der Waals surface area contributed by atoms with Crippen molar-refractivity contribution in [1.82, 2.24) is 5.32 Å². The molecule has 17 heavy (non-hydrogen) atoms. The number of hydrogen-bond donors (Lipinski definition) is 1. The molecule has 0 aliphatic heterocycles. The molecule has 0 bridgehead atoms. The standard InChI is InChI=1S/C15H19NS/c1-4-9-16-15(11(2)3)13-10-17-14-8-6-5-7-12(13)14/h5-8,10,15-16H,2,4,9H2,1,3H3. The van der Waals surface area contributed by atoms with Crippen LogP contribution in [-0.2, 0) is 0 Å². The molecule has 0 aliphatic carbocycles. The molecule has 1 heterocycles. The Balaban J connectivity index is 2.38. The average Bonchev–Trinajstić information content (AvgIpc) is 2.73. The van der Waals surface area contributed by atoms with Crippen LogP contribution in [-0.4, -0.2) is 6.54 Å². The first-order valence-electron chi connectivity index (χ1n) is 6.09. The minimum absolute atomic E-state index is 0.283. The fraction of sp³-hybridized carbons (Fsp3) is 0.333. The first kappa shape index (κ1) is 12.3. The van der Waals surface area contributed by atoms with E-state index in [2.05, 4.69) is 55.4 Å². The maximum absolute atomic E-state index is 4.11. The van der Waals surface area contributed by atoms with E-state index in [9.17, 15) is 0 Å². The second kappa shape index (κ2) is 5.48. The van der Waals surface area contributed by atoms with Gasteiger partial charge in [-0.25, -0.2) is 0 Å². The zero-order chi connectivity index (χ0) is 12.3. The van der Waals surface area contributed by atoms with Crippen LogP contribution in [0.1, 0.15) is 31.9 Å². The van der Waals surface area contributed by atoms with E-state index in [4.69, 9.17) is 0 Å². The van der Waals surface area contributed by atoms with Gasteiger partial charge in [0.15, 0.2) is 0 Å². The van der Waals surface area contributed by atoms with Crippen molar-refractivity contribution in [3.8, 4) is 0 Å². The molecule has 1 aromatic heterocycles. The zero-order valence-corrected chi connectivity index (χ0v) is 11.3. The predicted molar refractivity (Wildman–Crippen MR) is 77.7 cm³/mol. The lowest BCUT2D eigenvalue weighted by Crippen LogP contribution is -2.22. The molecule has 0 saturated heterocycles. The Bertz CT molecular complexity index is 512. The molecule has 1 N–H and O–H groups in total. The molecule has 0 radical (unpaired) electrons. The van der Waals surface area contributed by atoms with Gasteiger partial charge < -0.3 is 5.32 Å². The van der Waals surface area contributed by atoms with Crippen molar-refractivity contribution in [2.45, 2.75) is 26.3 Å². The van der Waals surface area contributed by atoms with Gasteiger partial charge in [0.25, 0.3) is 0 Å². The van der Waals surface area contributed by atoms with Crippen molar-refractivity contribution in [2.24, 2.45) is 0 Å². The van der Waals surface area contributed by atoms with Gasteiger partial charge in [-0.15, -0.1) is 11.3 Å². The van der Waals surface area contributed by atoms with Crippen molar-refractivity contribution in [1.29, 1.82) is 0 Å². The van der Waals surface area contributed by atoms with Crippen molar-refractivity contribution in [3.63, 3.8) is 0 Å². The molecule has 0 spiro atoms. The summed E-state index contributed by atoms with van der Waals surface area (Å²) in [5, 5.41) is 7.18. The topological polar surface area (TPSA) is 12.0 Å². The van der Waals surface area contributed by atoms with Gasteiger partial charge in [-0.2, -0.15) is 0 Å². The van der Waals surface area contributed by atoms with Gasteiger partial charge in [-0.3, -0.25) is 0 Å². The molecule has 1 aromatic carbocycles. The molecule has 1 nitrogen and oxygen atoms in total. The zero-order valence-electron chi connectivity index (χ0n) is 10.5. The molecule has 0 amide bonds. The summed E-state index contributed by atoms with van der Waals surface area (Å²) in [4.78, 5) is 0. The third-order valence-electron chi connectivity index (χ3n) is 2.91. The van der Waals surface area contributed by atoms with Crippen molar-refractivity contribution in [3.05, 3.63) is 47.4 Å². The minimum atomic E-state index is 0.283. The average molecular weight is 245 g/mol. The van der Waals surface area contributed by atoms with E-state index < -0.39 is 0 Å². The van der Waals surface area contributed by atoms with Gasteiger partial charge in [0.1, 0.15) is 0 Å². The van der Waals surface area contributed by atoms with Crippen LogP contribution in [0.5, 0.6) is 0 Å². The molecule has 2 heteroatoms. The van der Waals surface area contributed by atoms with E-state index in [1.807, 2.05) is 11.3 Å². The van der Waals surface area contributed by atoms with Crippen LogP contribution in [0.15, 0.2) is 41.8 Å². The number of benzene rings is 1. The Morgan fingerprint density at radius 3 is 2.88 bits per heavy atom. The summed E-state index contributed by atoms with van der Waals surface area (Å²) >= 11 is 1.81. The highest BCUT2D eigenvalue weighted by atomic mass is 32.1. The Labute approximate surface area is 107 Å². The van der Waals surface area contributed by atoms with Gasteiger partial charge in [0.2, 0.25) is 0 Å². The van der Waals surface area contributed by atoms with Crippen LogP contribution < -0.4 is 5.32 Å². The summed E-state index contributed by atoms with van der Waals surface area (Å²) in [6.07, 6.45) is 1.14. The summed E-state index contributed by atoms with van der Waals surface area (Å²) in [5.41, 5.74) is 2.55. The Morgan fingerprint density at radius 2 is 2.18 bits per heavy atom. The highest BCUT2D eigenvalue weighted by molar-refractivity contribution is 7.17. The minimum Gasteiger partial charge on any atom is -0.307 e. The van der Waals surface area contributed by atoms with E-state index in [1.54, 1.807) is 0 Å². The second-order valence-electron chi connectivity index (χ2n) is 4.42.